The Hall–Kier alpha value is -0.503. The predicted molar refractivity (Wildman–Crippen MR) is 48.6 cm³/mol. The van der Waals surface area contributed by atoms with Gasteiger partial charge in [0.2, 0.25) is 0 Å². The second-order valence-corrected chi connectivity index (χ2v) is 8.46. The van der Waals surface area contributed by atoms with Crippen LogP contribution in [0.1, 0.15) is 0 Å². The van der Waals surface area contributed by atoms with Gasteiger partial charge in [-0.1, -0.05) is 31.4 Å². The summed E-state index contributed by atoms with van der Waals surface area (Å²) >= 11 is 0. The van der Waals surface area contributed by atoms with Crippen molar-refractivity contribution in [3.8, 4) is 0 Å². The Morgan fingerprint density at radius 3 is 2.20 bits per heavy atom. The van der Waals surface area contributed by atoms with Crippen LogP contribution >= 0.6 is 0 Å². The lowest BCUT2D eigenvalue weighted by molar-refractivity contribution is 0.338. The number of methoxy groups -OCH3 is 1. The maximum atomic E-state index is 4.79. The van der Waals surface area contributed by atoms with Gasteiger partial charge in [0.25, 0.3) is 0 Å². The van der Waals surface area contributed by atoms with Crippen molar-refractivity contribution in [3.63, 3.8) is 0 Å². The van der Waals surface area contributed by atoms with Gasteiger partial charge in [0.05, 0.1) is 21.4 Å². The van der Waals surface area contributed by atoms with Gasteiger partial charge < -0.3 is 4.74 Å². The topological polar surface area (TPSA) is 9.23 Å². The van der Waals surface area contributed by atoms with Crippen molar-refractivity contribution in [2.45, 2.75) is 19.6 Å². The van der Waals surface area contributed by atoms with Gasteiger partial charge in [-0.2, -0.15) is 0 Å². The van der Waals surface area contributed by atoms with Gasteiger partial charge in [0.1, 0.15) is 0 Å². The van der Waals surface area contributed by atoms with Gasteiger partial charge in [0.15, 0.2) is 0 Å². The Labute approximate surface area is 64.4 Å². The Bertz CT molecular complexity index is 142. The lowest BCUT2D eigenvalue weighted by Crippen LogP contribution is -2.21. The third-order valence-electron chi connectivity index (χ3n) is 1.37. The van der Waals surface area contributed by atoms with Crippen LogP contribution in [-0.4, -0.2) is 15.2 Å². The second kappa shape index (κ2) is 3.61. The average Bonchev–Trinajstić information content (AvgIpc) is 1.80. The number of hydrogen-bond acceptors (Lipinski definition) is 1. The molecule has 0 saturated carbocycles. The predicted octanol–water partition coefficient (Wildman–Crippen LogP) is 2.58. The third kappa shape index (κ3) is 3.51. The molecule has 0 bridgehead atoms. The highest BCUT2D eigenvalue weighted by Crippen LogP contribution is 2.12. The molecule has 0 aliphatic rings. The number of rotatable bonds is 3. The lowest BCUT2D eigenvalue weighted by atomic mass is 10.6. The van der Waals surface area contributed by atoms with E-state index in [1.807, 2.05) is 6.08 Å². The van der Waals surface area contributed by atoms with Crippen LogP contribution in [0.4, 0.5) is 0 Å². The van der Waals surface area contributed by atoms with Crippen molar-refractivity contribution in [2.24, 2.45) is 0 Å². The molecule has 0 amide bonds. The summed E-state index contributed by atoms with van der Waals surface area (Å²) in [6.45, 7) is 10.7. The fourth-order valence-electron chi connectivity index (χ4n) is 0.400. The normalized spacial score (nSPS) is 12.0. The summed E-state index contributed by atoms with van der Waals surface area (Å²) in [7, 11) is 0.488. The maximum Gasteiger partial charge on any atom is 0.0823 e. The minimum atomic E-state index is -1.16. The van der Waals surface area contributed by atoms with Gasteiger partial charge >= 0.3 is 0 Å². The van der Waals surface area contributed by atoms with E-state index in [4.69, 9.17) is 4.74 Å². The Morgan fingerprint density at radius 2 is 1.90 bits per heavy atom. The Kier molecular flexibility index (Phi) is 3.43. The first-order chi connectivity index (χ1) is 4.48. The molecule has 0 atom stereocenters. The van der Waals surface area contributed by atoms with Crippen molar-refractivity contribution >= 4 is 8.07 Å². The van der Waals surface area contributed by atoms with Crippen LogP contribution in [-0.2, 0) is 4.74 Å². The first-order valence-corrected chi connectivity index (χ1v) is 6.87. The molecule has 2 heteroatoms. The minimum Gasteiger partial charge on any atom is -0.504 e. The molecule has 0 rings (SSSR count). The largest absolute Gasteiger partial charge is 0.504 e. The van der Waals surface area contributed by atoms with E-state index in [0.29, 0.717) is 0 Å². The van der Waals surface area contributed by atoms with E-state index in [2.05, 4.69) is 26.2 Å². The molecule has 0 aliphatic heterocycles. The molecule has 0 aliphatic carbocycles. The highest BCUT2D eigenvalue weighted by molar-refractivity contribution is 6.83. The van der Waals surface area contributed by atoms with Crippen LogP contribution in [0.5, 0.6) is 0 Å². The van der Waals surface area contributed by atoms with Crippen LogP contribution < -0.4 is 0 Å². The molecule has 0 heterocycles. The van der Waals surface area contributed by atoms with E-state index in [9.17, 15) is 0 Å². The first kappa shape index (κ1) is 9.50. The summed E-state index contributed by atoms with van der Waals surface area (Å²) in [6, 6.07) is 0. The van der Waals surface area contributed by atoms with E-state index < -0.39 is 8.07 Å². The van der Waals surface area contributed by atoms with Crippen molar-refractivity contribution in [1.29, 1.82) is 0 Å². The smallest absolute Gasteiger partial charge is 0.0823 e. The molecule has 58 valence electrons. The molecule has 0 saturated heterocycles. The average molecular weight is 156 g/mol. The van der Waals surface area contributed by atoms with Crippen LogP contribution in [0, 0.1) is 0 Å². The fourth-order valence-corrected chi connectivity index (χ4v) is 0.968. The van der Waals surface area contributed by atoms with Crippen LogP contribution in [0.25, 0.3) is 0 Å². The van der Waals surface area contributed by atoms with Crippen molar-refractivity contribution in [3.05, 3.63) is 24.1 Å². The Morgan fingerprint density at radius 1 is 1.40 bits per heavy atom. The van der Waals surface area contributed by atoms with E-state index in [1.54, 1.807) is 13.4 Å². The highest BCUT2D eigenvalue weighted by atomic mass is 28.3. The molecule has 0 radical (unpaired) electrons. The van der Waals surface area contributed by atoms with E-state index in [-0.39, 0.29) is 0 Å². The fraction of sp³-hybridized carbons (Fsp3) is 0.500. The SMILES string of the molecule is C=C(C=COC)[Si](C)(C)C. The van der Waals surface area contributed by atoms with Gasteiger partial charge in [-0.05, 0) is 6.08 Å². The summed E-state index contributed by atoms with van der Waals surface area (Å²) in [5.74, 6) is 0. The highest BCUT2D eigenvalue weighted by Gasteiger charge is 2.14. The monoisotopic (exact) mass is 156 g/mol. The van der Waals surface area contributed by atoms with E-state index >= 15 is 0 Å². The first-order valence-electron chi connectivity index (χ1n) is 3.37. The standard InChI is InChI=1S/C8H16OSi/c1-8(6-7-9-2)10(3,4)5/h6-7H,1H2,2-5H3. The second-order valence-electron chi connectivity index (χ2n) is 3.31. The molecule has 0 aromatic heterocycles. The number of hydrogen-bond donors (Lipinski definition) is 0. The third-order valence-corrected chi connectivity index (χ3v) is 3.46. The van der Waals surface area contributed by atoms with E-state index in [0.717, 1.165) is 0 Å². The minimum absolute atomic E-state index is 1.16. The van der Waals surface area contributed by atoms with Gasteiger partial charge in [-0.3, -0.25) is 0 Å². The molecule has 10 heavy (non-hydrogen) atoms. The molecule has 0 fully saturated rings. The summed E-state index contributed by atoms with van der Waals surface area (Å²) < 4.78 is 4.79. The van der Waals surface area contributed by atoms with Gasteiger partial charge in [0, 0.05) is 0 Å². The molecular formula is C8H16OSi. The summed E-state index contributed by atoms with van der Waals surface area (Å²) in [5.41, 5.74) is 0. The Balaban J connectivity index is 3.98. The molecule has 0 N–H and O–H groups in total. The van der Waals surface area contributed by atoms with Gasteiger partial charge in [-0.15, -0.1) is 0 Å². The quantitative estimate of drug-likeness (QED) is 0.347. The molecule has 0 aromatic carbocycles. The maximum absolute atomic E-state index is 4.79. The van der Waals surface area contributed by atoms with Crippen molar-refractivity contribution < 1.29 is 4.74 Å². The number of allylic oxidation sites excluding steroid dienone is 2. The van der Waals surface area contributed by atoms with Crippen LogP contribution in [0.3, 0.4) is 0 Å². The summed E-state index contributed by atoms with van der Waals surface area (Å²) in [5, 5.41) is 1.22. The van der Waals surface area contributed by atoms with Gasteiger partial charge in [-0.25, -0.2) is 0 Å². The van der Waals surface area contributed by atoms with Crippen molar-refractivity contribution in [2.75, 3.05) is 7.11 Å². The molecule has 0 unspecified atom stereocenters. The zero-order valence-corrected chi connectivity index (χ0v) is 8.27. The molecular weight excluding hydrogens is 140 g/mol. The molecule has 1 nitrogen and oxygen atoms in total. The summed E-state index contributed by atoms with van der Waals surface area (Å²) in [4.78, 5) is 0. The molecule has 0 spiro atoms. The van der Waals surface area contributed by atoms with E-state index in [1.165, 1.54) is 5.20 Å². The lowest BCUT2D eigenvalue weighted by Gasteiger charge is -2.15. The zero-order valence-electron chi connectivity index (χ0n) is 7.27. The number of ether oxygens (including phenoxy) is 1. The zero-order chi connectivity index (χ0) is 8.20. The summed E-state index contributed by atoms with van der Waals surface area (Å²) in [6.07, 6.45) is 3.63. The van der Waals surface area contributed by atoms with Crippen molar-refractivity contribution in [1.82, 2.24) is 0 Å². The van der Waals surface area contributed by atoms with Crippen LogP contribution in [0.15, 0.2) is 24.1 Å². The molecule has 0 aromatic rings. The van der Waals surface area contributed by atoms with Crippen LogP contribution in [0.2, 0.25) is 19.6 Å².